The van der Waals surface area contributed by atoms with E-state index < -0.39 is 0 Å². The number of hydrogen-bond donors (Lipinski definition) is 0. The van der Waals surface area contributed by atoms with E-state index in [0.29, 0.717) is 5.41 Å². The summed E-state index contributed by atoms with van der Waals surface area (Å²) in [7, 11) is 0.940. The SMILES string of the molecule is C[C@@]1(C[Si]c2ccccc2)CCC[C@H]1c1ccccc1. The zero-order valence-electron chi connectivity index (χ0n) is 12.2. The summed E-state index contributed by atoms with van der Waals surface area (Å²) in [5.74, 6) is 0.750. The van der Waals surface area contributed by atoms with Crippen molar-refractivity contribution in [3.05, 3.63) is 66.2 Å². The van der Waals surface area contributed by atoms with Crippen molar-refractivity contribution in [1.29, 1.82) is 0 Å². The third-order valence-corrected chi connectivity index (χ3v) is 6.48. The van der Waals surface area contributed by atoms with E-state index in [0.717, 1.165) is 15.4 Å². The Morgan fingerprint density at radius 2 is 1.65 bits per heavy atom. The van der Waals surface area contributed by atoms with Crippen LogP contribution in [0.4, 0.5) is 0 Å². The molecular formula is C19H22Si. The first-order valence-corrected chi connectivity index (χ1v) is 8.82. The first-order valence-electron chi connectivity index (χ1n) is 7.62. The van der Waals surface area contributed by atoms with Crippen LogP contribution in [0.15, 0.2) is 60.7 Å². The molecule has 0 aromatic heterocycles. The van der Waals surface area contributed by atoms with Gasteiger partial charge in [-0.2, -0.15) is 0 Å². The Morgan fingerprint density at radius 1 is 1.00 bits per heavy atom. The highest BCUT2D eigenvalue weighted by Gasteiger charge is 2.38. The van der Waals surface area contributed by atoms with Gasteiger partial charge in [0, 0.05) is 0 Å². The minimum atomic E-state index is 0.482. The summed E-state index contributed by atoms with van der Waals surface area (Å²) in [6, 6.07) is 23.4. The molecule has 2 aromatic carbocycles. The van der Waals surface area contributed by atoms with Gasteiger partial charge in [0.25, 0.3) is 0 Å². The molecule has 0 aliphatic heterocycles. The molecule has 0 nitrogen and oxygen atoms in total. The second-order valence-electron chi connectivity index (χ2n) is 6.23. The lowest BCUT2D eigenvalue weighted by molar-refractivity contribution is 0.332. The molecule has 102 valence electrons. The predicted molar refractivity (Wildman–Crippen MR) is 87.8 cm³/mol. The van der Waals surface area contributed by atoms with E-state index in [1.54, 1.807) is 5.56 Å². The van der Waals surface area contributed by atoms with Crippen molar-refractivity contribution in [3.63, 3.8) is 0 Å². The van der Waals surface area contributed by atoms with E-state index in [2.05, 4.69) is 67.6 Å². The van der Waals surface area contributed by atoms with Crippen LogP contribution in [0.5, 0.6) is 0 Å². The molecule has 1 heteroatoms. The van der Waals surface area contributed by atoms with E-state index in [4.69, 9.17) is 0 Å². The molecule has 1 fully saturated rings. The molecule has 1 aliphatic rings. The molecule has 2 aromatic rings. The maximum absolute atomic E-state index is 2.51. The first kappa shape index (κ1) is 13.6. The van der Waals surface area contributed by atoms with E-state index in [1.165, 1.54) is 30.5 Å². The summed E-state index contributed by atoms with van der Waals surface area (Å²) in [5.41, 5.74) is 2.03. The van der Waals surface area contributed by atoms with Gasteiger partial charge < -0.3 is 0 Å². The predicted octanol–water partition coefficient (Wildman–Crippen LogP) is 4.41. The zero-order chi connectivity index (χ0) is 13.8. The summed E-state index contributed by atoms with van der Waals surface area (Å²) in [5, 5.41) is 1.51. The normalized spacial score (nSPS) is 25.8. The van der Waals surface area contributed by atoms with Gasteiger partial charge in [0.05, 0.1) is 9.52 Å². The largest absolute Gasteiger partial charge is 0.0813 e. The van der Waals surface area contributed by atoms with E-state index in [9.17, 15) is 0 Å². The molecule has 0 unspecified atom stereocenters. The monoisotopic (exact) mass is 278 g/mol. The van der Waals surface area contributed by atoms with Crippen molar-refractivity contribution >= 4 is 14.7 Å². The summed E-state index contributed by atoms with van der Waals surface area (Å²) < 4.78 is 0. The lowest BCUT2D eigenvalue weighted by Crippen LogP contribution is -2.26. The second kappa shape index (κ2) is 5.97. The van der Waals surface area contributed by atoms with Crippen LogP contribution >= 0.6 is 0 Å². The molecule has 1 aliphatic carbocycles. The molecule has 1 saturated carbocycles. The second-order valence-corrected chi connectivity index (χ2v) is 7.51. The van der Waals surface area contributed by atoms with Crippen LogP contribution < -0.4 is 5.19 Å². The van der Waals surface area contributed by atoms with Crippen molar-refractivity contribution < 1.29 is 0 Å². The standard InChI is InChI=1S/C19H22Si/c1-19(15-20-17-11-6-3-7-12-17)14-8-13-18(19)16-9-4-2-5-10-16/h2-7,9-12,18H,8,13-15H2,1H3/t18-,19-/m0/s1. The van der Waals surface area contributed by atoms with Crippen LogP contribution in [-0.4, -0.2) is 9.52 Å². The van der Waals surface area contributed by atoms with Crippen LogP contribution in [0.25, 0.3) is 0 Å². The van der Waals surface area contributed by atoms with Crippen LogP contribution in [0.1, 0.15) is 37.7 Å². The molecule has 0 amide bonds. The lowest BCUT2D eigenvalue weighted by Gasteiger charge is -2.32. The smallest absolute Gasteiger partial charge is 0.0642 e. The molecule has 0 N–H and O–H groups in total. The number of benzene rings is 2. The number of rotatable bonds is 4. The maximum Gasteiger partial charge on any atom is 0.0813 e. The van der Waals surface area contributed by atoms with Gasteiger partial charge in [0.1, 0.15) is 0 Å². The van der Waals surface area contributed by atoms with E-state index >= 15 is 0 Å². The van der Waals surface area contributed by atoms with Crippen molar-refractivity contribution in [2.45, 2.75) is 38.1 Å². The van der Waals surface area contributed by atoms with Crippen molar-refractivity contribution in [3.8, 4) is 0 Å². The fourth-order valence-electron chi connectivity index (χ4n) is 3.56. The third kappa shape index (κ3) is 2.88. The van der Waals surface area contributed by atoms with Gasteiger partial charge in [-0.15, -0.1) is 0 Å². The van der Waals surface area contributed by atoms with Crippen molar-refractivity contribution in [1.82, 2.24) is 0 Å². The van der Waals surface area contributed by atoms with Crippen molar-refractivity contribution in [2.24, 2.45) is 5.41 Å². The molecular weight excluding hydrogens is 256 g/mol. The highest BCUT2D eigenvalue weighted by Crippen LogP contribution is 2.51. The highest BCUT2D eigenvalue weighted by atomic mass is 28.2. The third-order valence-electron chi connectivity index (χ3n) is 4.75. The van der Waals surface area contributed by atoms with Gasteiger partial charge in [-0.3, -0.25) is 0 Å². The Labute approximate surface area is 125 Å². The minimum Gasteiger partial charge on any atom is -0.0642 e. The lowest BCUT2D eigenvalue weighted by atomic mass is 9.77. The zero-order valence-corrected chi connectivity index (χ0v) is 13.2. The molecule has 0 heterocycles. The molecule has 3 rings (SSSR count). The summed E-state index contributed by atoms with van der Waals surface area (Å²) in [6.45, 7) is 2.51. The summed E-state index contributed by atoms with van der Waals surface area (Å²) >= 11 is 0. The average molecular weight is 278 g/mol. The number of hydrogen-bond acceptors (Lipinski definition) is 0. The highest BCUT2D eigenvalue weighted by molar-refractivity contribution is 6.53. The van der Waals surface area contributed by atoms with Crippen LogP contribution in [0.2, 0.25) is 6.04 Å². The summed E-state index contributed by atoms with van der Waals surface area (Å²) in [6.07, 6.45) is 4.13. The van der Waals surface area contributed by atoms with Gasteiger partial charge in [0.15, 0.2) is 0 Å². The first-order chi connectivity index (χ1) is 9.78. The quantitative estimate of drug-likeness (QED) is 0.727. The Kier molecular flexibility index (Phi) is 4.07. The molecule has 0 saturated heterocycles. The molecule has 0 bridgehead atoms. The topological polar surface area (TPSA) is 0 Å². The van der Waals surface area contributed by atoms with Gasteiger partial charge in [-0.05, 0) is 29.7 Å². The van der Waals surface area contributed by atoms with E-state index in [1.807, 2.05) is 0 Å². The van der Waals surface area contributed by atoms with E-state index in [-0.39, 0.29) is 0 Å². The fraction of sp³-hybridized carbons (Fsp3) is 0.368. The Hall–Kier alpha value is -1.34. The Bertz CT molecular complexity index is 534. The van der Waals surface area contributed by atoms with Crippen LogP contribution in [0.3, 0.4) is 0 Å². The van der Waals surface area contributed by atoms with Gasteiger partial charge in [-0.25, -0.2) is 0 Å². The van der Waals surface area contributed by atoms with Crippen LogP contribution in [-0.2, 0) is 0 Å². The van der Waals surface area contributed by atoms with Gasteiger partial charge in [-0.1, -0.05) is 85.2 Å². The van der Waals surface area contributed by atoms with Gasteiger partial charge in [0.2, 0.25) is 0 Å². The van der Waals surface area contributed by atoms with Crippen LogP contribution in [0, 0.1) is 5.41 Å². The van der Waals surface area contributed by atoms with Crippen molar-refractivity contribution in [2.75, 3.05) is 0 Å². The average Bonchev–Trinajstić information content (AvgIpc) is 2.90. The molecule has 2 radical (unpaired) electrons. The Balaban J connectivity index is 1.73. The molecule has 20 heavy (non-hydrogen) atoms. The summed E-state index contributed by atoms with van der Waals surface area (Å²) in [4.78, 5) is 0. The fourth-order valence-corrected chi connectivity index (χ4v) is 5.02. The minimum absolute atomic E-state index is 0.482. The maximum atomic E-state index is 2.51. The molecule has 2 atom stereocenters. The Morgan fingerprint density at radius 3 is 2.35 bits per heavy atom. The van der Waals surface area contributed by atoms with Gasteiger partial charge >= 0.3 is 0 Å². The molecule has 0 spiro atoms.